The first kappa shape index (κ1) is 20.0. The highest BCUT2D eigenvalue weighted by atomic mass is 32.1. The van der Waals surface area contributed by atoms with E-state index in [0.29, 0.717) is 36.1 Å². The zero-order valence-corrected chi connectivity index (χ0v) is 16.8. The third-order valence-corrected chi connectivity index (χ3v) is 4.75. The Balaban J connectivity index is 1.64. The molecule has 0 unspecified atom stereocenters. The van der Waals surface area contributed by atoms with Crippen molar-refractivity contribution in [3.05, 3.63) is 71.0 Å². The van der Waals surface area contributed by atoms with E-state index in [-0.39, 0.29) is 5.91 Å². The highest BCUT2D eigenvalue weighted by molar-refractivity contribution is 7.07. The largest absolute Gasteiger partial charge is 0.430 e. The Morgan fingerprint density at radius 3 is 2.79 bits per heavy atom. The van der Waals surface area contributed by atoms with E-state index in [1.165, 1.54) is 11.5 Å². The maximum Gasteiger partial charge on any atom is 0.298 e. The van der Waals surface area contributed by atoms with Crippen LogP contribution in [0.1, 0.15) is 33.7 Å². The van der Waals surface area contributed by atoms with Gasteiger partial charge in [-0.25, -0.2) is 0 Å². The van der Waals surface area contributed by atoms with Crippen molar-refractivity contribution in [3.8, 4) is 10.9 Å². The van der Waals surface area contributed by atoms with Crippen LogP contribution in [0, 0.1) is 6.92 Å². The molecule has 1 heterocycles. The molecule has 7 heteroatoms. The lowest BCUT2D eigenvalue weighted by Gasteiger charge is -2.09. The topological polar surface area (TPSA) is 73.3 Å². The number of aryl methyl sites for hydroxylation is 1. The van der Waals surface area contributed by atoms with Crippen molar-refractivity contribution >= 4 is 17.4 Å². The van der Waals surface area contributed by atoms with Crippen molar-refractivity contribution in [2.24, 2.45) is 0 Å². The molecular formula is C21H23N3O3S. The van der Waals surface area contributed by atoms with E-state index in [0.717, 1.165) is 23.4 Å². The maximum atomic E-state index is 12.3. The molecule has 2 aromatic carbocycles. The predicted octanol–water partition coefficient (Wildman–Crippen LogP) is 4.00. The lowest BCUT2D eigenvalue weighted by Crippen LogP contribution is -2.25. The van der Waals surface area contributed by atoms with Gasteiger partial charge in [-0.05, 0) is 36.6 Å². The molecule has 0 saturated carbocycles. The second kappa shape index (κ2) is 9.96. The SMILES string of the molecule is COCCCNC(=O)c1ccc(C)c(Oc2nc(Cc3ccccc3)ns2)c1. The molecule has 1 amide bonds. The van der Waals surface area contributed by atoms with Gasteiger partial charge >= 0.3 is 0 Å². The molecule has 0 radical (unpaired) electrons. The quantitative estimate of drug-likeness (QED) is 0.553. The Hall–Kier alpha value is -2.77. The molecule has 6 nitrogen and oxygen atoms in total. The fourth-order valence-corrected chi connectivity index (χ4v) is 3.16. The third kappa shape index (κ3) is 5.61. The van der Waals surface area contributed by atoms with Crippen LogP contribution in [0.5, 0.6) is 10.9 Å². The maximum absolute atomic E-state index is 12.3. The molecule has 1 N–H and O–H groups in total. The van der Waals surface area contributed by atoms with Gasteiger partial charge in [0.1, 0.15) is 5.75 Å². The summed E-state index contributed by atoms with van der Waals surface area (Å²) in [6.07, 6.45) is 1.43. The molecule has 0 fully saturated rings. The van der Waals surface area contributed by atoms with Gasteiger partial charge in [-0.3, -0.25) is 4.79 Å². The number of ether oxygens (including phenoxy) is 2. The van der Waals surface area contributed by atoms with Crippen molar-refractivity contribution < 1.29 is 14.3 Å². The van der Waals surface area contributed by atoms with Crippen LogP contribution < -0.4 is 10.1 Å². The Bertz CT molecular complexity index is 912. The standard InChI is InChI=1S/C21H23N3O3S/c1-15-9-10-17(20(25)22-11-6-12-26-2)14-18(15)27-21-23-19(24-28-21)13-16-7-4-3-5-8-16/h3-5,7-10,14H,6,11-13H2,1-2H3,(H,22,25). The van der Waals surface area contributed by atoms with Crippen molar-refractivity contribution in [2.75, 3.05) is 20.3 Å². The molecule has 0 aliphatic rings. The van der Waals surface area contributed by atoms with Crippen LogP contribution in [0.25, 0.3) is 0 Å². The fraction of sp³-hybridized carbons (Fsp3) is 0.286. The smallest absolute Gasteiger partial charge is 0.298 e. The molecule has 1 aromatic heterocycles. The number of rotatable bonds is 9. The summed E-state index contributed by atoms with van der Waals surface area (Å²) in [6.45, 7) is 3.11. The zero-order chi connectivity index (χ0) is 19.8. The summed E-state index contributed by atoms with van der Waals surface area (Å²) in [5, 5.41) is 3.34. The second-order valence-corrected chi connectivity index (χ2v) is 7.04. The Kier molecular flexibility index (Phi) is 7.11. The molecule has 146 valence electrons. The minimum atomic E-state index is -0.136. The molecule has 0 aliphatic heterocycles. The highest BCUT2D eigenvalue weighted by Crippen LogP contribution is 2.28. The minimum Gasteiger partial charge on any atom is -0.430 e. The zero-order valence-electron chi connectivity index (χ0n) is 16.0. The molecule has 28 heavy (non-hydrogen) atoms. The summed E-state index contributed by atoms with van der Waals surface area (Å²) in [6, 6.07) is 15.4. The van der Waals surface area contributed by atoms with E-state index < -0.39 is 0 Å². The van der Waals surface area contributed by atoms with Crippen molar-refractivity contribution in [2.45, 2.75) is 19.8 Å². The third-order valence-electron chi connectivity index (χ3n) is 4.11. The number of amides is 1. The first-order chi connectivity index (χ1) is 13.7. The number of carbonyl (C=O) groups excluding carboxylic acids is 1. The van der Waals surface area contributed by atoms with E-state index in [1.54, 1.807) is 19.2 Å². The number of methoxy groups -OCH3 is 1. The molecular weight excluding hydrogens is 374 g/mol. The van der Waals surface area contributed by atoms with Gasteiger partial charge in [-0.1, -0.05) is 36.4 Å². The van der Waals surface area contributed by atoms with Gasteiger partial charge in [0.25, 0.3) is 11.1 Å². The van der Waals surface area contributed by atoms with Crippen LogP contribution in [-0.4, -0.2) is 35.5 Å². The highest BCUT2D eigenvalue weighted by Gasteiger charge is 2.12. The van der Waals surface area contributed by atoms with E-state index in [2.05, 4.69) is 14.7 Å². The van der Waals surface area contributed by atoms with Gasteiger partial charge in [0.15, 0.2) is 5.82 Å². The molecule has 3 rings (SSSR count). The van der Waals surface area contributed by atoms with Gasteiger partial charge in [0, 0.05) is 43.8 Å². The number of carbonyl (C=O) groups is 1. The van der Waals surface area contributed by atoms with E-state index in [9.17, 15) is 4.79 Å². The number of hydrogen-bond donors (Lipinski definition) is 1. The van der Waals surface area contributed by atoms with Crippen LogP contribution in [0.4, 0.5) is 0 Å². The minimum absolute atomic E-state index is 0.136. The van der Waals surface area contributed by atoms with E-state index >= 15 is 0 Å². The number of hydrogen-bond acceptors (Lipinski definition) is 6. The number of nitrogens with one attached hydrogen (secondary N) is 1. The van der Waals surface area contributed by atoms with Gasteiger partial charge in [0.2, 0.25) is 0 Å². The van der Waals surface area contributed by atoms with Crippen LogP contribution in [0.3, 0.4) is 0 Å². The second-order valence-electron chi connectivity index (χ2n) is 6.32. The molecule has 0 spiro atoms. The lowest BCUT2D eigenvalue weighted by molar-refractivity contribution is 0.0948. The van der Waals surface area contributed by atoms with Gasteiger partial charge in [-0.15, -0.1) is 0 Å². The summed E-state index contributed by atoms with van der Waals surface area (Å²) in [5.74, 6) is 1.19. The number of benzene rings is 2. The van der Waals surface area contributed by atoms with Crippen LogP contribution >= 0.6 is 11.5 Å². The average Bonchev–Trinajstić information content (AvgIpc) is 3.14. The predicted molar refractivity (Wildman–Crippen MR) is 109 cm³/mol. The summed E-state index contributed by atoms with van der Waals surface area (Å²) < 4.78 is 15.3. The fourth-order valence-electron chi connectivity index (χ4n) is 2.60. The van der Waals surface area contributed by atoms with Crippen molar-refractivity contribution in [1.82, 2.24) is 14.7 Å². The van der Waals surface area contributed by atoms with E-state index in [1.807, 2.05) is 43.3 Å². The molecule has 0 bridgehead atoms. The van der Waals surface area contributed by atoms with Crippen molar-refractivity contribution in [3.63, 3.8) is 0 Å². The van der Waals surface area contributed by atoms with Crippen LogP contribution in [-0.2, 0) is 11.2 Å². The molecule has 0 saturated heterocycles. The van der Waals surface area contributed by atoms with Gasteiger partial charge in [-0.2, -0.15) is 9.36 Å². The Morgan fingerprint density at radius 2 is 2.00 bits per heavy atom. The summed E-state index contributed by atoms with van der Waals surface area (Å²) in [5.41, 5.74) is 2.62. The summed E-state index contributed by atoms with van der Waals surface area (Å²) in [7, 11) is 1.64. The van der Waals surface area contributed by atoms with E-state index in [4.69, 9.17) is 9.47 Å². The first-order valence-corrected chi connectivity index (χ1v) is 9.85. The van der Waals surface area contributed by atoms with Crippen molar-refractivity contribution in [1.29, 1.82) is 0 Å². The monoisotopic (exact) mass is 397 g/mol. The van der Waals surface area contributed by atoms with Gasteiger partial charge in [0.05, 0.1) is 0 Å². The summed E-state index contributed by atoms with van der Waals surface area (Å²) in [4.78, 5) is 16.8. The van der Waals surface area contributed by atoms with Crippen LogP contribution in [0.2, 0.25) is 0 Å². The molecule has 0 aliphatic carbocycles. The molecule has 3 aromatic rings. The first-order valence-electron chi connectivity index (χ1n) is 9.08. The summed E-state index contributed by atoms with van der Waals surface area (Å²) >= 11 is 1.21. The Labute approximate surface area is 168 Å². The average molecular weight is 398 g/mol. The normalized spacial score (nSPS) is 10.6. The number of aromatic nitrogens is 2. The molecule has 0 atom stereocenters. The van der Waals surface area contributed by atoms with Crippen LogP contribution in [0.15, 0.2) is 48.5 Å². The lowest BCUT2D eigenvalue weighted by atomic mass is 10.1. The Morgan fingerprint density at radius 1 is 1.18 bits per heavy atom. The van der Waals surface area contributed by atoms with Gasteiger partial charge < -0.3 is 14.8 Å². The number of nitrogens with zero attached hydrogens (tertiary/aromatic N) is 2.